The van der Waals surface area contributed by atoms with Gasteiger partial charge in [-0.1, -0.05) is 6.07 Å². The van der Waals surface area contributed by atoms with Gasteiger partial charge in [0, 0.05) is 24.1 Å². The first kappa shape index (κ1) is 10.7. The largest absolute Gasteiger partial charge is 0.383 e. The van der Waals surface area contributed by atoms with E-state index >= 15 is 0 Å². The lowest BCUT2D eigenvalue weighted by atomic mass is 10.1. The lowest BCUT2D eigenvalue weighted by molar-refractivity contribution is 0.128. The predicted molar refractivity (Wildman–Crippen MR) is 57.1 cm³/mol. The molecule has 1 heterocycles. The Balaban J connectivity index is 2.33. The monoisotopic (exact) mass is 199 g/mol. The molecule has 2 nitrogen and oxygen atoms in total. The normalized spacial score (nSPS) is 11.9. The highest BCUT2D eigenvalue weighted by molar-refractivity contribution is 7.09. The van der Waals surface area contributed by atoms with E-state index in [9.17, 15) is 0 Å². The molecule has 0 radical (unpaired) electrons. The number of methoxy groups -OCH3 is 1. The van der Waals surface area contributed by atoms with Gasteiger partial charge in [-0.2, -0.15) is 0 Å². The van der Waals surface area contributed by atoms with E-state index in [-0.39, 0.29) is 5.54 Å². The Bertz CT molecular complexity index is 231. The molecule has 1 aromatic rings. The van der Waals surface area contributed by atoms with E-state index in [0.29, 0.717) is 0 Å². The molecular weight excluding hydrogens is 182 g/mol. The molecule has 1 rings (SSSR count). The second-order valence-electron chi connectivity index (χ2n) is 3.75. The van der Waals surface area contributed by atoms with Crippen molar-refractivity contribution in [3.63, 3.8) is 0 Å². The van der Waals surface area contributed by atoms with Crippen LogP contribution < -0.4 is 5.32 Å². The fraction of sp³-hybridized carbons (Fsp3) is 0.600. The summed E-state index contributed by atoms with van der Waals surface area (Å²) in [6.45, 7) is 5.95. The van der Waals surface area contributed by atoms with Crippen LogP contribution in [0.4, 0.5) is 0 Å². The summed E-state index contributed by atoms with van der Waals surface area (Å²) in [5.41, 5.74) is 0.0543. The third-order valence-electron chi connectivity index (χ3n) is 1.83. The van der Waals surface area contributed by atoms with Crippen molar-refractivity contribution in [3.8, 4) is 0 Å². The van der Waals surface area contributed by atoms with Gasteiger partial charge in [-0.25, -0.2) is 0 Å². The zero-order chi connectivity index (χ0) is 9.73. The van der Waals surface area contributed by atoms with Gasteiger partial charge in [0.1, 0.15) is 0 Å². The summed E-state index contributed by atoms with van der Waals surface area (Å²) in [7, 11) is 1.73. The number of rotatable bonds is 5. The van der Waals surface area contributed by atoms with Gasteiger partial charge < -0.3 is 10.1 Å². The summed E-state index contributed by atoms with van der Waals surface area (Å²) >= 11 is 1.78. The van der Waals surface area contributed by atoms with Crippen LogP contribution in [0.2, 0.25) is 0 Å². The quantitative estimate of drug-likeness (QED) is 0.785. The second-order valence-corrected chi connectivity index (χ2v) is 4.78. The van der Waals surface area contributed by atoms with E-state index in [1.807, 2.05) is 0 Å². The molecule has 13 heavy (non-hydrogen) atoms. The maximum atomic E-state index is 5.12. The standard InChI is InChI=1S/C10H17NOS/c1-10(2,8-12-3)11-7-9-5-4-6-13-9/h4-6,11H,7-8H2,1-3H3. The first-order chi connectivity index (χ1) is 6.14. The Morgan fingerprint density at radius 3 is 2.85 bits per heavy atom. The summed E-state index contributed by atoms with van der Waals surface area (Å²) in [5.74, 6) is 0. The number of hydrogen-bond acceptors (Lipinski definition) is 3. The third-order valence-corrected chi connectivity index (χ3v) is 2.70. The molecular formula is C10H17NOS. The zero-order valence-electron chi connectivity index (χ0n) is 8.46. The molecule has 0 aliphatic carbocycles. The Morgan fingerprint density at radius 1 is 1.54 bits per heavy atom. The molecule has 0 aliphatic rings. The molecule has 0 bridgehead atoms. The highest BCUT2D eigenvalue weighted by Gasteiger charge is 2.15. The summed E-state index contributed by atoms with van der Waals surface area (Å²) in [5, 5.41) is 5.55. The topological polar surface area (TPSA) is 21.3 Å². The van der Waals surface area contributed by atoms with Crippen molar-refractivity contribution >= 4 is 11.3 Å². The van der Waals surface area contributed by atoms with E-state index < -0.39 is 0 Å². The second kappa shape index (κ2) is 4.74. The van der Waals surface area contributed by atoms with Gasteiger partial charge in [-0.3, -0.25) is 0 Å². The summed E-state index contributed by atoms with van der Waals surface area (Å²) < 4.78 is 5.12. The molecule has 0 spiro atoms. The fourth-order valence-electron chi connectivity index (χ4n) is 1.15. The lowest BCUT2D eigenvalue weighted by Crippen LogP contribution is -2.42. The molecule has 0 aromatic carbocycles. The molecule has 0 fully saturated rings. The predicted octanol–water partition coefficient (Wildman–Crippen LogP) is 2.26. The van der Waals surface area contributed by atoms with E-state index in [4.69, 9.17) is 4.74 Å². The first-order valence-electron chi connectivity index (χ1n) is 4.40. The number of nitrogens with one attached hydrogen (secondary N) is 1. The average molecular weight is 199 g/mol. The van der Waals surface area contributed by atoms with Crippen molar-refractivity contribution in [2.45, 2.75) is 25.9 Å². The van der Waals surface area contributed by atoms with E-state index in [2.05, 4.69) is 36.7 Å². The van der Waals surface area contributed by atoms with E-state index in [1.165, 1.54) is 4.88 Å². The summed E-state index contributed by atoms with van der Waals surface area (Å²) in [6.07, 6.45) is 0. The molecule has 1 N–H and O–H groups in total. The third kappa shape index (κ3) is 3.89. The van der Waals surface area contributed by atoms with Crippen LogP contribution in [0, 0.1) is 0 Å². The van der Waals surface area contributed by atoms with Gasteiger partial charge in [0.05, 0.1) is 6.61 Å². The van der Waals surface area contributed by atoms with Gasteiger partial charge >= 0.3 is 0 Å². The lowest BCUT2D eigenvalue weighted by Gasteiger charge is -2.24. The molecule has 0 unspecified atom stereocenters. The number of thiophene rings is 1. The molecule has 0 aliphatic heterocycles. The van der Waals surface area contributed by atoms with Crippen LogP contribution in [0.5, 0.6) is 0 Å². The molecule has 3 heteroatoms. The minimum Gasteiger partial charge on any atom is -0.383 e. The Labute approximate surface area is 83.9 Å². The first-order valence-corrected chi connectivity index (χ1v) is 5.28. The van der Waals surface area contributed by atoms with Crippen LogP contribution in [0.3, 0.4) is 0 Å². The highest BCUT2D eigenvalue weighted by Crippen LogP contribution is 2.10. The van der Waals surface area contributed by atoms with Gasteiger partial charge in [-0.15, -0.1) is 11.3 Å². The zero-order valence-corrected chi connectivity index (χ0v) is 9.28. The van der Waals surface area contributed by atoms with Crippen LogP contribution in [-0.2, 0) is 11.3 Å². The minimum absolute atomic E-state index is 0.0543. The molecule has 0 saturated carbocycles. The molecule has 0 amide bonds. The van der Waals surface area contributed by atoms with Crippen molar-refractivity contribution in [2.75, 3.05) is 13.7 Å². The molecule has 0 atom stereocenters. The van der Waals surface area contributed by atoms with E-state index in [0.717, 1.165) is 13.2 Å². The molecule has 0 saturated heterocycles. The van der Waals surface area contributed by atoms with Crippen LogP contribution in [0.1, 0.15) is 18.7 Å². The van der Waals surface area contributed by atoms with Crippen molar-refractivity contribution in [3.05, 3.63) is 22.4 Å². The number of hydrogen-bond donors (Lipinski definition) is 1. The van der Waals surface area contributed by atoms with Crippen molar-refractivity contribution in [1.82, 2.24) is 5.32 Å². The Hall–Kier alpha value is -0.380. The maximum Gasteiger partial charge on any atom is 0.0639 e. The SMILES string of the molecule is COCC(C)(C)NCc1cccs1. The van der Waals surface area contributed by atoms with Gasteiger partial charge in [0.15, 0.2) is 0 Å². The summed E-state index contributed by atoms with van der Waals surface area (Å²) in [4.78, 5) is 1.36. The van der Waals surface area contributed by atoms with Crippen molar-refractivity contribution in [1.29, 1.82) is 0 Å². The highest BCUT2D eigenvalue weighted by atomic mass is 32.1. The maximum absolute atomic E-state index is 5.12. The average Bonchev–Trinajstić information content (AvgIpc) is 2.52. The van der Waals surface area contributed by atoms with Crippen molar-refractivity contribution < 1.29 is 4.74 Å². The smallest absolute Gasteiger partial charge is 0.0639 e. The van der Waals surface area contributed by atoms with Crippen LogP contribution >= 0.6 is 11.3 Å². The van der Waals surface area contributed by atoms with Crippen LogP contribution in [-0.4, -0.2) is 19.3 Å². The minimum atomic E-state index is 0.0543. The molecule has 74 valence electrons. The summed E-state index contributed by atoms with van der Waals surface area (Å²) in [6, 6.07) is 4.21. The van der Waals surface area contributed by atoms with E-state index in [1.54, 1.807) is 18.4 Å². The molecule has 1 aromatic heterocycles. The Kier molecular flexibility index (Phi) is 3.90. The van der Waals surface area contributed by atoms with Gasteiger partial charge in [0.25, 0.3) is 0 Å². The fourth-order valence-corrected chi connectivity index (χ4v) is 1.80. The van der Waals surface area contributed by atoms with Crippen molar-refractivity contribution in [2.24, 2.45) is 0 Å². The number of ether oxygens (including phenoxy) is 1. The van der Waals surface area contributed by atoms with Gasteiger partial charge in [0.2, 0.25) is 0 Å². The Morgan fingerprint density at radius 2 is 2.31 bits per heavy atom. The van der Waals surface area contributed by atoms with Gasteiger partial charge in [-0.05, 0) is 25.3 Å². The van der Waals surface area contributed by atoms with Crippen LogP contribution in [0.15, 0.2) is 17.5 Å². The van der Waals surface area contributed by atoms with Crippen LogP contribution in [0.25, 0.3) is 0 Å².